The standard InChI is InChI=1S/C66H46N2/c1-65(2)55-32-18-31-52(60(55)54-35-40-21-8-9-22-41(40)36-56(54)65)59-38-58(67-64(68-59)39-19-6-5-7-20-39)48-34-33-47(42-23-10-11-24-43(42)48)53-37-57-61(49-28-15-13-27-46(49)53)62-50-29-16-12-25-44(50)45-26-14-17-30-51(45)63(62)66(57,3)4/h5-38H,1-4H3. The van der Waals surface area contributed by atoms with Crippen LogP contribution in [0.3, 0.4) is 0 Å². The molecule has 0 bridgehead atoms. The van der Waals surface area contributed by atoms with Gasteiger partial charge in [-0.2, -0.15) is 0 Å². The minimum absolute atomic E-state index is 0.170. The van der Waals surface area contributed by atoms with E-state index in [4.69, 9.17) is 9.97 Å². The smallest absolute Gasteiger partial charge is 0.160 e. The number of hydrogen-bond donors (Lipinski definition) is 0. The lowest BCUT2D eigenvalue weighted by Gasteiger charge is -2.25. The molecule has 1 heterocycles. The van der Waals surface area contributed by atoms with Crippen molar-refractivity contribution in [3.63, 3.8) is 0 Å². The van der Waals surface area contributed by atoms with Gasteiger partial charge in [0.05, 0.1) is 11.4 Å². The van der Waals surface area contributed by atoms with Crippen LogP contribution < -0.4 is 0 Å². The van der Waals surface area contributed by atoms with Crippen LogP contribution in [0.5, 0.6) is 0 Å². The molecule has 2 aliphatic rings. The van der Waals surface area contributed by atoms with Gasteiger partial charge in [0.1, 0.15) is 0 Å². The van der Waals surface area contributed by atoms with Crippen molar-refractivity contribution in [2.24, 2.45) is 0 Å². The summed E-state index contributed by atoms with van der Waals surface area (Å²) in [5.74, 6) is 0.714. The van der Waals surface area contributed by atoms with E-state index in [1.807, 2.05) is 0 Å². The summed E-state index contributed by atoms with van der Waals surface area (Å²) < 4.78 is 0. The van der Waals surface area contributed by atoms with Crippen molar-refractivity contribution in [1.29, 1.82) is 0 Å². The number of aromatic nitrogens is 2. The molecule has 320 valence electrons. The molecule has 0 N–H and O–H groups in total. The summed E-state index contributed by atoms with van der Waals surface area (Å²) in [7, 11) is 0. The summed E-state index contributed by atoms with van der Waals surface area (Å²) in [5.41, 5.74) is 17.8. The topological polar surface area (TPSA) is 25.8 Å². The minimum Gasteiger partial charge on any atom is -0.228 e. The first-order chi connectivity index (χ1) is 33.3. The maximum Gasteiger partial charge on any atom is 0.160 e. The fraction of sp³-hybridized carbons (Fsp3) is 0.0909. The van der Waals surface area contributed by atoms with Gasteiger partial charge in [-0.3, -0.25) is 0 Å². The number of nitrogens with zero attached hydrogens (tertiary/aromatic N) is 2. The minimum atomic E-state index is -0.242. The molecular formula is C66H46N2. The first-order valence-corrected chi connectivity index (χ1v) is 23.9. The van der Waals surface area contributed by atoms with E-state index in [0.717, 1.165) is 33.5 Å². The fourth-order valence-electron chi connectivity index (χ4n) is 12.4. The van der Waals surface area contributed by atoms with Crippen molar-refractivity contribution in [1.82, 2.24) is 9.97 Å². The molecule has 0 aliphatic heterocycles. The second-order valence-corrected chi connectivity index (χ2v) is 20.0. The third-order valence-corrected chi connectivity index (χ3v) is 15.6. The van der Waals surface area contributed by atoms with Crippen LogP contribution >= 0.6 is 0 Å². The van der Waals surface area contributed by atoms with Gasteiger partial charge in [-0.05, 0) is 134 Å². The van der Waals surface area contributed by atoms with Crippen LogP contribution in [-0.4, -0.2) is 9.97 Å². The van der Waals surface area contributed by atoms with Gasteiger partial charge < -0.3 is 0 Å². The van der Waals surface area contributed by atoms with Crippen LogP contribution in [0.4, 0.5) is 0 Å². The van der Waals surface area contributed by atoms with Crippen molar-refractivity contribution in [2.45, 2.75) is 38.5 Å². The van der Waals surface area contributed by atoms with Gasteiger partial charge in [-0.15, -0.1) is 0 Å². The van der Waals surface area contributed by atoms with Crippen molar-refractivity contribution >= 4 is 53.9 Å². The summed E-state index contributed by atoms with van der Waals surface area (Å²) in [4.78, 5) is 10.9. The molecule has 0 fully saturated rings. The zero-order valence-electron chi connectivity index (χ0n) is 38.5. The highest BCUT2D eigenvalue weighted by Gasteiger charge is 2.41. The summed E-state index contributed by atoms with van der Waals surface area (Å²) in [5, 5.41) is 12.7. The van der Waals surface area contributed by atoms with Crippen molar-refractivity contribution in [3.05, 3.63) is 229 Å². The van der Waals surface area contributed by atoms with Gasteiger partial charge >= 0.3 is 0 Å². The molecule has 0 unspecified atom stereocenters. The van der Waals surface area contributed by atoms with Crippen molar-refractivity contribution in [3.8, 4) is 67.3 Å². The Morgan fingerprint density at radius 2 is 0.824 bits per heavy atom. The Labute approximate surface area is 396 Å². The van der Waals surface area contributed by atoms with Gasteiger partial charge in [-0.25, -0.2) is 9.97 Å². The number of rotatable bonds is 4. The second-order valence-electron chi connectivity index (χ2n) is 20.0. The Kier molecular flexibility index (Phi) is 8.12. The zero-order valence-corrected chi connectivity index (χ0v) is 38.5. The second kappa shape index (κ2) is 14.2. The molecular weight excluding hydrogens is 821 g/mol. The number of fused-ring (bicyclic) bond motifs is 15. The first kappa shape index (κ1) is 39.0. The molecule has 1 aromatic heterocycles. The molecule has 0 amide bonds. The van der Waals surface area contributed by atoms with Crippen molar-refractivity contribution < 1.29 is 0 Å². The molecule has 68 heavy (non-hydrogen) atoms. The van der Waals surface area contributed by atoms with Gasteiger partial charge in [-0.1, -0.05) is 210 Å². The average molecular weight is 867 g/mol. The van der Waals surface area contributed by atoms with Crippen LogP contribution in [0.2, 0.25) is 0 Å². The Morgan fingerprint density at radius 1 is 0.294 bits per heavy atom. The summed E-state index contributed by atoms with van der Waals surface area (Å²) >= 11 is 0. The Balaban J connectivity index is 0.992. The molecule has 2 aliphatic carbocycles. The van der Waals surface area contributed by atoms with Crippen LogP contribution in [-0.2, 0) is 10.8 Å². The quantitative estimate of drug-likeness (QED) is 0.165. The molecule has 0 saturated heterocycles. The molecule has 2 nitrogen and oxygen atoms in total. The Bertz CT molecular complexity index is 4140. The average Bonchev–Trinajstić information content (AvgIpc) is 3.77. The highest BCUT2D eigenvalue weighted by molar-refractivity contribution is 6.23. The highest BCUT2D eigenvalue weighted by atomic mass is 14.9. The summed E-state index contributed by atoms with van der Waals surface area (Å²) in [6.07, 6.45) is 0. The summed E-state index contributed by atoms with van der Waals surface area (Å²) in [6.45, 7) is 9.58. The van der Waals surface area contributed by atoms with E-state index < -0.39 is 0 Å². The monoisotopic (exact) mass is 866 g/mol. The number of hydrogen-bond acceptors (Lipinski definition) is 2. The van der Waals surface area contributed by atoms with E-state index in [0.29, 0.717) is 5.82 Å². The Hall–Kier alpha value is -8.20. The molecule has 0 radical (unpaired) electrons. The van der Waals surface area contributed by atoms with E-state index in [2.05, 4.69) is 234 Å². The normalized spacial score (nSPS) is 14.1. The lowest BCUT2D eigenvalue weighted by Crippen LogP contribution is -2.16. The van der Waals surface area contributed by atoms with Gasteiger partial charge in [0, 0.05) is 27.5 Å². The van der Waals surface area contributed by atoms with Gasteiger partial charge in [0.15, 0.2) is 5.82 Å². The first-order valence-electron chi connectivity index (χ1n) is 23.9. The SMILES string of the molecule is CC1(C)c2cc3ccccc3cc2-c2c(-c3cc(-c4ccc(-c5cc6c(c7ccccc57)-c5c(c7ccccc7c7ccccc57)C6(C)C)c5ccccc45)nc(-c4ccccc4)n3)cccc21. The van der Waals surface area contributed by atoms with Crippen LogP contribution in [0.25, 0.3) is 121 Å². The maximum atomic E-state index is 5.44. The fourth-order valence-corrected chi connectivity index (χ4v) is 12.4. The van der Waals surface area contributed by atoms with E-state index in [-0.39, 0.29) is 10.8 Å². The third kappa shape index (κ3) is 5.40. The maximum absolute atomic E-state index is 5.44. The lowest BCUT2D eigenvalue weighted by atomic mass is 9.78. The largest absolute Gasteiger partial charge is 0.228 e. The third-order valence-electron chi connectivity index (χ3n) is 15.6. The van der Waals surface area contributed by atoms with Crippen LogP contribution in [0.15, 0.2) is 206 Å². The molecule has 14 rings (SSSR count). The highest BCUT2D eigenvalue weighted by Crippen LogP contribution is 2.58. The number of benzene rings is 11. The molecule has 0 atom stereocenters. The lowest BCUT2D eigenvalue weighted by molar-refractivity contribution is 0.661. The van der Waals surface area contributed by atoms with Crippen LogP contribution in [0.1, 0.15) is 49.9 Å². The van der Waals surface area contributed by atoms with E-state index in [1.165, 1.54) is 104 Å². The molecule has 11 aromatic carbocycles. The van der Waals surface area contributed by atoms with Crippen molar-refractivity contribution in [2.75, 3.05) is 0 Å². The molecule has 0 spiro atoms. The zero-order chi connectivity index (χ0) is 45.5. The van der Waals surface area contributed by atoms with Gasteiger partial charge in [0.25, 0.3) is 0 Å². The van der Waals surface area contributed by atoms with E-state index in [9.17, 15) is 0 Å². The van der Waals surface area contributed by atoms with Gasteiger partial charge in [0.2, 0.25) is 0 Å². The van der Waals surface area contributed by atoms with E-state index >= 15 is 0 Å². The Morgan fingerprint density at radius 3 is 1.53 bits per heavy atom. The van der Waals surface area contributed by atoms with Crippen LogP contribution in [0, 0.1) is 0 Å². The molecule has 2 heteroatoms. The summed E-state index contributed by atoms with van der Waals surface area (Å²) in [6, 6.07) is 76.1. The molecule has 0 saturated carbocycles. The van der Waals surface area contributed by atoms with E-state index in [1.54, 1.807) is 0 Å². The predicted octanol–water partition coefficient (Wildman–Crippen LogP) is 17.5. The predicted molar refractivity (Wildman–Crippen MR) is 286 cm³/mol. The molecule has 12 aromatic rings.